The summed E-state index contributed by atoms with van der Waals surface area (Å²) >= 11 is 0. The molecule has 9 heteroatoms. The van der Waals surface area contributed by atoms with Crippen LogP contribution in [0.5, 0.6) is 5.88 Å². The quantitative estimate of drug-likeness (QED) is 0.520. The number of hydroxylamine groups is 1. The van der Waals surface area contributed by atoms with Crippen molar-refractivity contribution < 1.29 is 19.5 Å². The molecule has 3 heterocycles. The minimum Gasteiger partial charge on any atom is -0.473 e. The number of piperidine rings is 1. The predicted octanol–water partition coefficient (Wildman–Crippen LogP) is 1.31. The average molecular weight is 454 g/mol. The Bertz CT molecular complexity index is 964. The maximum atomic E-state index is 13.5. The van der Waals surface area contributed by atoms with Gasteiger partial charge in [0.25, 0.3) is 0 Å². The molecule has 0 saturated carbocycles. The molecule has 2 aliphatic rings. The van der Waals surface area contributed by atoms with Crippen LogP contribution in [-0.2, 0) is 9.59 Å². The molecule has 33 heavy (non-hydrogen) atoms. The highest BCUT2D eigenvalue weighted by Crippen LogP contribution is 2.28. The number of nitrogens with one attached hydrogen (secondary N) is 1. The SMILES string of the molecule is Cc1cccc(OC2CC(C(=O)NO)C(C(=O)N3CCN(c4ccccc4)CC3)N(C)C2)n1. The van der Waals surface area contributed by atoms with Gasteiger partial charge in [0.1, 0.15) is 12.1 Å². The topological polar surface area (TPSA) is 98.2 Å². The van der Waals surface area contributed by atoms with Crippen molar-refractivity contribution in [3.8, 4) is 5.88 Å². The second-order valence-corrected chi connectivity index (χ2v) is 8.71. The van der Waals surface area contributed by atoms with Crippen LogP contribution in [0.15, 0.2) is 48.5 Å². The van der Waals surface area contributed by atoms with Gasteiger partial charge in [-0.1, -0.05) is 24.3 Å². The fourth-order valence-corrected chi connectivity index (χ4v) is 4.77. The van der Waals surface area contributed by atoms with Gasteiger partial charge in [0.2, 0.25) is 17.7 Å². The minimum absolute atomic E-state index is 0.0917. The van der Waals surface area contributed by atoms with Crippen molar-refractivity contribution in [3.05, 3.63) is 54.2 Å². The number of aryl methyl sites for hydroxylation is 1. The number of anilines is 1. The van der Waals surface area contributed by atoms with Crippen LogP contribution < -0.4 is 15.1 Å². The maximum absolute atomic E-state index is 13.5. The largest absolute Gasteiger partial charge is 0.473 e. The molecule has 2 aromatic rings. The first-order valence-corrected chi connectivity index (χ1v) is 11.3. The van der Waals surface area contributed by atoms with Gasteiger partial charge in [-0.25, -0.2) is 10.5 Å². The molecule has 0 spiro atoms. The lowest BCUT2D eigenvalue weighted by molar-refractivity contribution is -0.151. The summed E-state index contributed by atoms with van der Waals surface area (Å²) in [5, 5.41) is 9.35. The molecular formula is C24H31N5O4. The van der Waals surface area contributed by atoms with Crippen LogP contribution in [-0.4, -0.2) is 83.7 Å². The minimum atomic E-state index is -0.733. The first kappa shape index (κ1) is 23.0. The van der Waals surface area contributed by atoms with E-state index in [1.165, 1.54) is 0 Å². The molecule has 2 aliphatic heterocycles. The van der Waals surface area contributed by atoms with E-state index in [9.17, 15) is 14.8 Å². The van der Waals surface area contributed by atoms with E-state index < -0.39 is 17.9 Å². The number of rotatable bonds is 5. The third-order valence-electron chi connectivity index (χ3n) is 6.43. The van der Waals surface area contributed by atoms with Crippen molar-refractivity contribution >= 4 is 17.5 Å². The molecule has 3 unspecified atom stereocenters. The van der Waals surface area contributed by atoms with E-state index in [-0.39, 0.29) is 12.0 Å². The van der Waals surface area contributed by atoms with Gasteiger partial charge in [0, 0.05) is 50.2 Å². The summed E-state index contributed by atoms with van der Waals surface area (Å²) in [5.74, 6) is -0.916. The van der Waals surface area contributed by atoms with E-state index >= 15 is 0 Å². The summed E-state index contributed by atoms with van der Waals surface area (Å²) in [5.41, 5.74) is 3.73. The Kier molecular flexibility index (Phi) is 7.10. The number of pyridine rings is 1. The lowest BCUT2D eigenvalue weighted by atomic mass is 9.86. The second kappa shape index (κ2) is 10.2. The number of ether oxygens (including phenoxy) is 1. The zero-order valence-corrected chi connectivity index (χ0v) is 19.1. The fraction of sp³-hybridized carbons (Fsp3) is 0.458. The van der Waals surface area contributed by atoms with Gasteiger partial charge in [-0.3, -0.25) is 19.7 Å². The van der Waals surface area contributed by atoms with E-state index in [2.05, 4.69) is 22.0 Å². The lowest BCUT2D eigenvalue weighted by Gasteiger charge is -2.44. The molecule has 2 N–H and O–H groups in total. The van der Waals surface area contributed by atoms with Crippen molar-refractivity contribution in [1.82, 2.24) is 20.3 Å². The first-order chi connectivity index (χ1) is 16.0. The van der Waals surface area contributed by atoms with E-state index in [0.29, 0.717) is 31.9 Å². The monoisotopic (exact) mass is 453 g/mol. The third kappa shape index (κ3) is 5.26. The molecule has 0 aliphatic carbocycles. The van der Waals surface area contributed by atoms with Crippen LogP contribution in [0.3, 0.4) is 0 Å². The number of hydrogen-bond donors (Lipinski definition) is 2. The van der Waals surface area contributed by atoms with E-state index in [1.807, 2.05) is 54.1 Å². The number of likely N-dealkylation sites (tertiary alicyclic amines) is 1. The highest BCUT2D eigenvalue weighted by molar-refractivity contribution is 5.90. The van der Waals surface area contributed by atoms with E-state index in [4.69, 9.17) is 4.74 Å². The normalized spacial score (nSPS) is 23.8. The number of amides is 2. The van der Waals surface area contributed by atoms with Crippen LogP contribution in [0.4, 0.5) is 5.69 Å². The molecule has 0 radical (unpaired) electrons. The number of likely N-dealkylation sites (N-methyl/N-ethyl adjacent to an activating group) is 1. The van der Waals surface area contributed by atoms with Crippen molar-refractivity contribution in [1.29, 1.82) is 0 Å². The molecule has 1 aromatic carbocycles. The summed E-state index contributed by atoms with van der Waals surface area (Å²) in [6, 6.07) is 15.0. The molecule has 1 aromatic heterocycles. The Morgan fingerprint density at radius 1 is 1.06 bits per heavy atom. The Labute approximate surface area is 193 Å². The predicted molar refractivity (Wildman–Crippen MR) is 123 cm³/mol. The molecule has 2 fully saturated rings. The van der Waals surface area contributed by atoms with Gasteiger partial charge >= 0.3 is 0 Å². The standard InChI is InChI=1S/C24H31N5O4/c1-17-7-6-10-21(25-17)33-19-15-20(23(30)26-32)22(27(2)16-19)24(31)29-13-11-28(12-14-29)18-8-4-3-5-9-18/h3-10,19-20,22,32H,11-16H2,1-2H3,(H,26,30). The number of nitrogens with zero attached hydrogens (tertiary/aromatic N) is 4. The molecule has 4 rings (SSSR count). The summed E-state index contributed by atoms with van der Waals surface area (Å²) < 4.78 is 6.02. The van der Waals surface area contributed by atoms with E-state index in [1.54, 1.807) is 11.5 Å². The molecule has 0 bridgehead atoms. The van der Waals surface area contributed by atoms with Crippen LogP contribution in [0.2, 0.25) is 0 Å². The zero-order valence-electron chi connectivity index (χ0n) is 19.1. The Morgan fingerprint density at radius 2 is 1.79 bits per heavy atom. The van der Waals surface area contributed by atoms with Gasteiger partial charge in [0.05, 0.1) is 5.92 Å². The number of benzene rings is 1. The van der Waals surface area contributed by atoms with Crippen LogP contribution >= 0.6 is 0 Å². The van der Waals surface area contributed by atoms with E-state index in [0.717, 1.165) is 24.5 Å². The summed E-state index contributed by atoms with van der Waals surface area (Å²) in [4.78, 5) is 36.4. The van der Waals surface area contributed by atoms with Gasteiger partial charge in [-0.05, 0) is 38.6 Å². The molecular weight excluding hydrogens is 422 g/mol. The molecule has 2 saturated heterocycles. The second-order valence-electron chi connectivity index (χ2n) is 8.71. The van der Waals surface area contributed by atoms with Crippen molar-refractivity contribution in [3.63, 3.8) is 0 Å². The number of aromatic nitrogens is 1. The number of hydrogen-bond acceptors (Lipinski definition) is 7. The number of carbonyl (C=O) groups is 2. The highest BCUT2D eigenvalue weighted by Gasteiger charge is 2.45. The Balaban J connectivity index is 1.43. The van der Waals surface area contributed by atoms with Crippen molar-refractivity contribution in [2.45, 2.75) is 25.5 Å². The zero-order chi connectivity index (χ0) is 23.4. The molecule has 3 atom stereocenters. The van der Waals surface area contributed by atoms with Gasteiger partial charge in [0.15, 0.2) is 0 Å². The van der Waals surface area contributed by atoms with Gasteiger partial charge in [-0.15, -0.1) is 0 Å². The summed E-state index contributed by atoms with van der Waals surface area (Å²) in [6.45, 7) is 4.98. The Morgan fingerprint density at radius 3 is 2.45 bits per heavy atom. The number of carbonyl (C=O) groups excluding carboxylic acids is 2. The number of para-hydroxylation sites is 1. The summed E-state index contributed by atoms with van der Waals surface area (Å²) in [6.07, 6.45) is -0.0159. The highest BCUT2D eigenvalue weighted by atomic mass is 16.5. The van der Waals surface area contributed by atoms with Gasteiger partial charge < -0.3 is 14.5 Å². The maximum Gasteiger partial charge on any atom is 0.248 e. The Hall–Kier alpha value is -3.17. The average Bonchev–Trinajstić information content (AvgIpc) is 2.83. The van der Waals surface area contributed by atoms with Crippen LogP contribution in [0.25, 0.3) is 0 Å². The van der Waals surface area contributed by atoms with Crippen molar-refractivity contribution in [2.75, 3.05) is 44.7 Å². The van der Waals surface area contributed by atoms with Crippen LogP contribution in [0, 0.1) is 12.8 Å². The lowest BCUT2D eigenvalue weighted by Crippen LogP contribution is -2.62. The van der Waals surface area contributed by atoms with Crippen LogP contribution in [0.1, 0.15) is 12.1 Å². The third-order valence-corrected chi connectivity index (χ3v) is 6.43. The molecule has 176 valence electrons. The summed E-state index contributed by atoms with van der Waals surface area (Å²) in [7, 11) is 1.82. The fourth-order valence-electron chi connectivity index (χ4n) is 4.77. The van der Waals surface area contributed by atoms with Gasteiger partial charge in [-0.2, -0.15) is 0 Å². The number of piperazine rings is 1. The van der Waals surface area contributed by atoms with Crippen molar-refractivity contribution in [2.24, 2.45) is 5.92 Å². The smallest absolute Gasteiger partial charge is 0.248 e. The first-order valence-electron chi connectivity index (χ1n) is 11.3. The molecule has 9 nitrogen and oxygen atoms in total. The molecule has 2 amide bonds.